The number of aliphatic hydroxyl groups excluding tert-OH is 1. The number of nitrogens with one attached hydrogen (secondary N) is 1. The van der Waals surface area contributed by atoms with Crippen molar-refractivity contribution in [3.05, 3.63) is 24.3 Å². The van der Waals surface area contributed by atoms with E-state index in [1.54, 1.807) is 12.5 Å². The van der Waals surface area contributed by atoms with Crippen molar-refractivity contribution in [2.24, 2.45) is 5.92 Å². The number of aliphatic hydroxyl groups is 1. The van der Waals surface area contributed by atoms with E-state index < -0.39 is 0 Å². The quantitative estimate of drug-likeness (QED) is 0.800. The molecule has 2 atom stereocenters. The lowest BCUT2D eigenvalue weighted by Crippen LogP contribution is -2.33. The van der Waals surface area contributed by atoms with Crippen LogP contribution in [0.25, 0.3) is 0 Å². The number of nitrogens with zero attached hydrogens (tertiary/aromatic N) is 2. The van der Waals surface area contributed by atoms with Gasteiger partial charge in [-0.15, -0.1) is 0 Å². The van der Waals surface area contributed by atoms with Crippen LogP contribution in [0.2, 0.25) is 0 Å². The predicted molar refractivity (Wildman–Crippen MR) is 61.7 cm³/mol. The predicted octanol–water partition coefficient (Wildman–Crippen LogP) is 1.12. The fourth-order valence-corrected chi connectivity index (χ4v) is 2.23. The van der Waals surface area contributed by atoms with E-state index in [9.17, 15) is 5.11 Å². The standard InChI is InChI=1S/C12H19N3O/c16-12-4-2-1-3-10(12)7-14-8-11-5-6-13-9-15-11/h5-6,9-10,12,14,16H,1-4,7-8H2. The Morgan fingerprint density at radius 1 is 1.38 bits per heavy atom. The molecule has 0 spiro atoms. The normalized spacial score (nSPS) is 25.6. The Morgan fingerprint density at radius 3 is 3.00 bits per heavy atom. The number of hydrogen-bond donors (Lipinski definition) is 2. The average molecular weight is 221 g/mol. The molecule has 4 nitrogen and oxygen atoms in total. The monoisotopic (exact) mass is 221 g/mol. The van der Waals surface area contributed by atoms with Crippen molar-refractivity contribution in [3.63, 3.8) is 0 Å². The highest BCUT2D eigenvalue weighted by atomic mass is 16.3. The van der Waals surface area contributed by atoms with Gasteiger partial charge in [-0.3, -0.25) is 0 Å². The Bertz CT molecular complexity index is 304. The molecule has 1 saturated carbocycles. The largest absolute Gasteiger partial charge is 0.393 e. The maximum Gasteiger partial charge on any atom is 0.115 e. The third-order valence-electron chi connectivity index (χ3n) is 3.22. The van der Waals surface area contributed by atoms with E-state index in [0.717, 1.165) is 31.6 Å². The van der Waals surface area contributed by atoms with Crippen LogP contribution in [0.1, 0.15) is 31.4 Å². The lowest BCUT2D eigenvalue weighted by Gasteiger charge is -2.27. The first-order valence-corrected chi connectivity index (χ1v) is 6.00. The molecule has 1 aliphatic carbocycles. The summed E-state index contributed by atoms with van der Waals surface area (Å²) in [5.74, 6) is 0.413. The van der Waals surface area contributed by atoms with E-state index in [4.69, 9.17) is 0 Å². The van der Waals surface area contributed by atoms with Gasteiger partial charge in [-0.25, -0.2) is 9.97 Å². The van der Waals surface area contributed by atoms with Crippen molar-refractivity contribution in [3.8, 4) is 0 Å². The second-order valence-electron chi connectivity index (χ2n) is 4.44. The first-order chi connectivity index (χ1) is 7.86. The fourth-order valence-electron chi connectivity index (χ4n) is 2.23. The highest BCUT2D eigenvalue weighted by Gasteiger charge is 2.22. The molecule has 0 amide bonds. The minimum Gasteiger partial charge on any atom is -0.393 e. The molecule has 0 aromatic carbocycles. The van der Waals surface area contributed by atoms with Crippen LogP contribution in [0.3, 0.4) is 0 Å². The van der Waals surface area contributed by atoms with Crippen LogP contribution >= 0.6 is 0 Å². The van der Waals surface area contributed by atoms with Crippen molar-refractivity contribution < 1.29 is 5.11 Å². The van der Waals surface area contributed by atoms with Gasteiger partial charge in [-0.05, 0) is 24.8 Å². The summed E-state index contributed by atoms with van der Waals surface area (Å²) in [5.41, 5.74) is 1.00. The van der Waals surface area contributed by atoms with E-state index in [-0.39, 0.29) is 6.10 Å². The molecular weight excluding hydrogens is 202 g/mol. The molecule has 1 aromatic heterocycles. The summed E-state index contributed by atoms with van der Waals surface area (Å²) < 4.78 is 0. The molecule has 88 valence electrons. The Balaban J connectivity index is 1.71. The molecule has 0 aliphatic heterocycles. The minimum absolute atomic E-state index is 0.119. The van der Waals surface area contributed by atoms with Crippen LogP contribution in [0, 0.1) is 5.92 Å². The molecule has 0 radical (unpaired) electrons. The smallest absolute Gasteiger partial charge is 0.115 e. The Morgan fingerprint density at radius 2 is 2.25 bits per heavy atom. The second kappa shape index (κ2) is 5.92. The molecule has 4 heteroatoms. The fraction of sp³-hybridized carbons (Fsp3) is 0.667. The maximum absolute atomic E-state index is 9.80. The summed E-state index contributed by atoms with van der Waals surface area (Å²) in [6.45, 7) is 1.64. The summed E-state index contributed by atoms with van der Waals surface area (Å²) in [6, 6.07) is 1.91. The van der Waals surface area contributed by atoms with Gasteiger partial charge in [0.15, 0.2) is 0 Å². The van der Waals surface area contributed by atoms with E-state index in [1.165, 1.54) is 12.8 Å². The molecule has 1 aliphatic rings. The van der Waals surface area contributed by atoms with E-state index in [2.05, 4.69) is 15.3 Å². The third kappa shape index (κ3) is 3.25. The van der Waals surface area contributed by atoms with Crippen molar-refractivity contribution in [1.82, 2.24) is 15.3 Å². The molecule has 2 N–H and O–H groups in total. The first-order valence-electron chi connectivity index (χ1n) is 6.00. The van der Waals surface area contributed by atoms with Gasteiger partial charge < -0.3 is 10.4 Å². The molecule has 1 fully saturated rings. The van der Waals surface area contributed by atoms with Gasteiger partial charge in [-0.2, -0.15) is 0 Å². The van der Waals surface area contributed by atoms with Crippen molar-refractivity contribution in [2.45, 2.75) is 38.3 Å². The Labute approximate surface area is 96.1 Å². The van der Waals surface area contributed by atoms with Crippen LogP contribution in [-0.2, 0) is 6.54 Å². The molecule has 0 bridgehead atoms. The summed E-state index contributed by atoms with van der Waals surface area (Å²) in [6.07, 6.45) is 7.70. The van der Waals surface area contributed by atoms with Gasteiger partial charge >= 0.3 is 0 Å². The first kappa shape index (κ1) is 11.5. The SMILES string of the molecule is OC1CCCCC1CNCc1ccncn1. The lowest BCUT2D eigenvalue weighted by atomic mass is 9.86. The maximum atomic E-state index is 9.80. The molecular formula is C12H19N3O. The number of hydrogen-bond acceptors (Lipinski definition) is 4. The van der Waals surface area contributed by atoms with Crippen LogP contribution in [-0.4, -0.2) is 27.7 Å². The van der Waals surface area contributed by atoms with Crippen LogP contribution in [0.5, 0.6) is 0 Å². The second-order valence-corrected chi connectivity index (χ2v) is 4.44. The van der Waals surface area contributed by atoms with Gasteiger partial charge in [0.1, 0.15) is 6.33 Å². The van der Waals surface area contributed by atoms with Gasteiger partial charge in [-0.1, -0.05) is 12.8 Å². The zero-order chi connectivity index (χ0) is 11.2. The Kier molecular flexibility index (Phi) is 4.25. The Hall–Kier alpha value is -1.00. The molecule has 2 unspecified atom stereocenters. The topological polar surface area (TPSA) is 58.0 Å². The molecule has 1 heterocycles. The highest BCUT2D eigenvalue weighted by Crippen LogP contribution is 2.23. The van der Waals surface area contributed by atoms with Gasteiger partial charge in [0.25, 0.3) is 0 Å². The third-order valence-corrected chi connectivity index (χ3v) is 3.22. The molecule has 1 aromatic rings. The van der Waals surface area contributed by atoms with Crippen molar-refractivity contribution in [1.29, 1.82) is 0 Å². The van der Waals surface area contributed by atoms with Crippen molar-refractivity contribution in [2.75, 3.05) is 6.54 Å². The van der Waals surface area contributed by atoms with Gasteiger partial charge in [0.2, 0.25) is 0 Å². The summed E-state index contributed by atoms with van der Waals surface area (Å²) in [4.78, 5) is 8.02. The van der Waals surface area contributed by atoms with Crippen LogP contribution < -0.4 is 5.32 Å². The van der Waals surface area contributed by atoms with E-state index in [0.29, 0.717) is 5.92 Å². The van der Waals surface area contributed by atoms with Crippen LogP contribution in [0.4, 0.5) is 0 Å². The number of rotatable bonds is 4. The number of aromatic nitrogens is 2. The minimum atomic E-state index is -0.119. The van der Waals surface area contributed by atoms with Crippen molar-refractivity contribution >= 4 is 0 Å². The summed E-state index contributed by atoms with van der Waals surface area (Å²) in [5, 5.41) is 13.2. The highest BCUT2D eigenvalue weighted by molar-refractivity contribution is 4.97. The van der Waals surface area contributed by atoms with Crippen LogP contribution in [0.15, 0.2) is 18.6 Å². The van der Waals surface area contributed by atoms with E-state index >= 15 is 0 Å². The summed E-state index contributed by atoms with van der Waals surface area (Å²) in [7, 11) is 0. The van der Waals surface area contributed by atoms with Gasteiger partial charge in [0, 0.05) is 19.3 Å². The van der Waals surface area contributed by atoms with E-state index in [1.807, 2.05) is 6.07 Å². The lowest BCUT2D eigenvalue weighted by molar-refractivity contribution is 0.0694. The zero-order valence-electron chi connectivity index (χ0n) is 9.47. The summed E-state index contributed by atoms with van der Waals surface area (Å²) >= 11 is 0. The average Bonchev–Trinajstić information content (AvgIpc) is 2.33. The molecule has 0 saturated heterocycles. The molecule has 16 heavy (non-hydrogen) atoms. The zero-order valence-corrected chi connectivity index (χ0v) is 9.47. The molecule has 2 rings (SSSR count). The van der Waals surface area contributed by atoms with Gasteiger partial charge in [0.05, 0.1) is 11.8 Å².